The Hall–Kier alpha value is -1.02. The molecule has 2 heteroatoms. The van der Waals surface area contributed by atoms with Crippen molar-refractivity contribution in [3.05, 3.63) is 29.8 Å². The van der Waals surface area contributed by atoms with E-state index < -0.39 is 0 Å². The van der Waals surface area contributed by atoms with Crippen LogP contribution in [0, 0.1) is 11.3 Å². The predicted octanol–water partition coefficient (Wildman–Crippen LogP) is 6.16. The Bertz CT molecular complexity index is 472. The largest absolute Gasteiger partial charge is 0.465 e. The van der Waals surface area contributed by atoms with Crippen molar-refractivity contribution >= 4 is 0 Å². The monoisotopic (exact) mass is 318 g/mol. The Morgan fingerprint density at radius 1 is 1.26 bits per heavy atom. The van der Waals surface area contributed by atoms with E-state index in [0.717, 1.165) is 25.2 Å². The normalized spacial score (nSPS) is 20.5. The first kappa shape index (κ1) is 18.3. The second-order valence-electron chi connectivity index (χ2n) is 8.01. The lowest BCUT2D eigenvalue weighted by Gasteiger charge is -2.35. The van der Waals surface area contributed by atoms with Gasteiger partial charge >= 0.3 is 0 Å². The highest BCUT2D eigenvalue weighted by Gasteiger charge is 2.30. The zero-order chi connectivity index (χ0) is 16.9. The minimum atomic E-state index is -0.0678. The summed E-state index contributed by atoms with van der Waals surface area (Å²) in [6, 6.07) is 8.70. The molecule has 130 valence electrons. The summed E-state index contributed by atoms with van der Waals surface area (Å²) < 4.78 is 11.8. The van der Waals surface area contributed by atoms with Gasteiger partial charge in [-0.2, -0.15) is 0 Å². The van der Waals surface area contributed by atoms with Crippen LogP contribution in [0.5, 0.6) is 5.75 Å². The molecule has 2 unspecified atom stereocenters. The molecule has 1 aliphatic heterocycles. The highest BCUT2D eigenvalue weighted by Crippen LogP contribution is 2.43. The fourth-order valence-corrected chi connectivity index (χ4v) is 3.38. The molecule has 0 saturated carbocycles. The summed E-state index contributed by atoms with van der Waals surface area (Å²) in [5, 5.41) is 0. The highest BCUT2D eigenvalue weighted by molar-refractivity contribution is 5.32. The van der Waals surface area contributed by atoms with Crippen LogP contribution in [0.3, 0.4) is 0 Å². The van der Waals surface area contributed by atoms with Gasteiger partial charge in [0, 0.05) is 6.42 Å². The van der Waals surface area contributed by atoms with Crippen LogP contribution in [0.4, 0.5) is 0 Å². The third-order valence-corrected chi connectivity index (χ3v) is 5.23. The Morgan fingerprint density at radius 2 is 2.04 bits per heavy atom. The summed E-state index contributed by atoms with van der Waals surface area (Å²) in [7, 11) is 0. The van der Waals surface area contributed by atoms with Crippen molar-refractivity contribution < 1.29 is 9.47 Å². The molecule has 2 rings (SSSR count). The molecular weight excluding hydrogens is 284 g/mol. The zero-order valence-corrected chi connectivity index (χ0v) is 15.6. The standard InChI is InChI=1S/C21H34O2/c1-6-21(4,5)19(14-16(2)3)17-10-9-11-18(15-17)23-20-12-7-8-13-22-20/h9-11,15-16,19-20H,6-8,12-14H2,1-5H3. The molecule has 1 saturated heterocycles. The number of hydrogen-bond acceptors (Lipinski definition) is 2. The van der Waals surface area contributed by atoms with Crippen LogP contribution in [0.15, 0.2) is 24.3 Å². The smallest absolute Gasteiger partial charge is 0.199 e. The topological polar surface area (TPSA) is 18.5 Å². The molecule has 0 aromatic heterocycles. The molecule has 1 aromatic rings. The average Bonchev–Trinajstić information content (AvgIpc) is 2.53. The molecule has 0 amide bonds. The minimum Gasteiger partial charge on any atom is -0.465 e. The Morgan fingerprint density at radius 3 is 2.65 bits per heavy atom. The van der Waals surface area contributed by atoms with E-state index in [1.54, 1.807) is 0 Å². The SMILES string of the molecule is CCC(C)(C)C(CC(C)C)c1cccc(OC2CCCCO2)c1. The van der Waals surface area contributed by atoms with Crippen molar-refractivity contribution in [1.29, 1.82) is 0 Å². The number of benzene rings is 1. The van der Waals surface area contributed by atoms with E-state index in [-0.39, 0.29) is 6.29 Å². The van der Waals surface area contributed by atoms with Gasteiger partial charge in [-0.3, -0.25) is 0 Å². The summed E-state index contributed by atoms with van der Waals surface area (Å²) in [5.41, 5.74) is 1.70. The summed E-state index contributed by atoms with van der Waals surface area (Å²) in [6.07, 6.45) is 5.68. The van der Waals surface area contributed by atoms with E-state index in [9.17, 15) is 0 Å². The molecule has 0 spiro atoms. The van der Waals surface area contributed by atoms with Crippen LogP contribution in [0.1, 0.15) is 78.2 Å². The van der Waals surface area contributed by atoms with E-state index in [2.05, 4.69) is 58.9 Å². The summed E-state index contributed by atoms with van der Waals surface area (Å²) in [6.45, 7) is 12.5. The molecule has 2 nitrogen and oxygen atoms in total. The van der Waals surface area contributed by atoms with Crippen LogP contribution in [0.2, 0.25) is 0 Å². The van der Waals surface area contributed by atoms with E-state index >= 15 is 0 Å². The van der Waals surface area contributed by atoms with Crippen molar-refractivity contribution in [2.45, 2.75) is 78.9 Å². The van der Waals surface area contributed by atoms with E-state index in [4.69, 9.17) is 9.47 Å². The van der Waals surface area contributed by atoms with Gasteiger partial charge in [-0.25, -0.2) is 0 Å². The lowest BCUT2D eigenvalue weighted by molar-refractivity contribution is -0.105. The maximum absolute atomic E-state index is 6.08. The summed E-state index contributed by atoms with van der Waals surface area (Å²) >= 11 is 0. The second kappa shape index (κ2) is 8.19. The van der Waals surface area contributed by atoms with E-state index in [0.29, 0.717) is 17.3 Å². The van der Waals surface area contributed by atoms with Gasteiger partial charge in [0.2, 0.25) is 0 Å². The van der Waals surface area contributed by atoms with E-state index in [1.165, 1.54) is 24.8 Å². The van der Waals surface area contributed by atoms with Gasteiger partial charge in [0.05, 0.1) is 6.61 Å². The van der Waals surface area contributed by atoms with Gasteiger partial charge in [0.25, 0.3) is 0 Å². The summed E-state index contributed by atoms with van der Waals surface area (Å²) in [4.78, 5) is 0. The third kappa shape index (κ3) is 5.24. The lowest BCUT2D eigenvalue weighted by atomic mass is 9.70. The maximum Gasteiger partial charge on any atom is 0.199 e. The molecular formula is C21H34O2. The fraction of sp³-hybridized carbons (Fsp3) is 0.714. The molecule has 0 radical (unpaired) electrons. The molecule has 1 heterocycles. The maximum atomic E-state index is 6.08. The van der Waals surface area contributed by atoms with Gasteiger partial charge in [-0.05, 0) is 54.2 Å². The Balaban J connectivity index is 2.17. The van der Waals surface area contributed by atoms with Crippen molar-refractivity contribution in [2.75, 3.05) is 6.61 Å². The second-order valence-corrected chi connectivity index (χ2v) is 8.01. The van der Waals surface area contributed by atoms with Crippen LogP contribution in [-0.4, -0.2) is 12.9 Å². The predicted molar refractivity (Wildman–Crippen MR) is 96.9 cm³/mol. The minimum absolute atomic E-state index is 0.0678. The third-order valence-electron chi connectivity index (χ3n) is 5.23. The van der Waals surface area contributed by atoms with Crippen LogP contribution in [-0.2, 0) is 4.74 Å². The molecule has 0 bridgehead atoms. The van der Waals surface area contributed by atoms with Gasteiger partial charge in [0.15, 0.2) is 6.29 Å². The van der Waals surface area contributed by atoms with Gasteiger partial charge in [0.1, 0.15) is 5.75 Å². The Kier molecular flexibility index (Phi) is 6.52. The van der Waals surface area contributed by atoms with Crippen molar-refractivity contribution in [3.8, 4) is 5.75 Å². The van der Waals surface area contributed by atoms with Crippen LogP contribution in [0.25, 0.3) is 0 Å². The zero-order valence-electron chi connectivity index (χ0n) is 15.6. The average molecular weight is 319 g/mol. The molecule has 1 fully saturated rings. The molecule has 2 atom stereocenters. The molecule has 0 aliphatic carbocycles. The summed E-state index contributed by atoms with van der Waals surface area (Å²) in [5.74, 6) is 2.20. The Labute approximate surface area is 142 Å². The van der Waals surface area contributed by atoms with Gasteiger partial charge in [-0.15, -0.1) is 0 Å². The van der Waals surface area contributed by atoms with Crippen molar-refractivity contribution in [3.63, 3.8) is 0 Å². The van der Waals surface area contributed by atoms with Crippen molar-refractivity contribution in [2.24, 2.45) is 11.3 Å². The molecule has 1 aromatic carbocycles. The van der Waals surface area contributed by atoms with Gasteiger partial charge < -0.3 is 9.47 Å². The van der Waals surface area contributed by atoms with Gasteiger partial charge in [-0.1, -0.05) is 53.2 Å². The number of ether oxygens (including phenoxy) is 2. The van der Waals surface area contributed by atoms with E-state index in [1.807, 2.05) is 0 Å². The fourth-order valence-electron chi connectivity index (χ4n) is 3.38. The highest BCUT2D eigenvalue weighted by atomic mass is 16.7. The first-order valence-electron chi connectivity index (χ1n) is 9.30. The van der Waals surface area contributed by atoms with Crippen LogP contribution >= 0.6 is 0 Å². The van der Waals surface area contributed by atoms with Crippen LogP contribution < -0.4 is 4.74 Å². The molecule has 23 heavy (non-hydrogen) atoms. The quantitative estimate of drug-likeness (QED) is 0.599. The lowest BCUT2D eigenvalue weighted by Crippen LogP contribution is -2.25. The first-order chi connectivity index (χ1) is 10.9. The number of rotatable bonds is 7. The molecule has 1 aliphatic rings. The number of hydrogen-bond donors (Lipinski definition) is 0. The molecule has 0 N–H and O–H groups in total. The van der Waals surface area contributed by atoms with Crippen molar-refractivity contribution in [1.82, 2.24) is 0 Å². The first-order valence-corrected chi connectivity index (χ1v) is 9.30.